The van der Waals surface area contributed by atoms with E-state index in [1.807, 2.05) is 24.3 Å². The first-order valence-corrected chi connectivity index (χ1v) is 9.41. The molecule has 1 aromatic heterocycles. The molecule has 1 aliphatic heterocycles. The van der Waals surface area contributed by atoms with Gasteiger partial charge in [-0.15, -0.1) is 10.2 Å². The fourth-order valence-electron chi connectivity index (χ4n) is 3.12. The maximum atomic E-state index is 12.2. The Morgan fingerprint density at radius 1 is 1.11 bits per heavy atom. The third-order valence-electron chi connectivity index (χ3n) is 4.78. The van der Waals surface area contributed by atoms with Crippen LogP contribution >= 0.6 is 0 Å². The molecule has 0 saturated carbocycles. The fraction of sp³-hybridized carbons (Fsp3) is 0.500. The smallest absolute Gasteiger partial charge is 0.251 e. The van der Waals surface area contributed by atoms with E-state index >= 15 is 0 Å². The fourth-order valence-corrected chi connectivity index (χ4v) is 3.12. The Morgan fingerprint density at radius 3 is 2.56 bits per heavy atom. The molecule has 1 aliphatic rings. The van der Waals surface area contributed by atoms with Crippen LogP contribution in [0.25, 0.3) is 0 Å². The Hall–Kier alpha value is -2.70. The SMILES string of the molecule is CC(C)(C)c1ccc(C(=O)NCCC(=O)NCc2nnc3n2CCC3)cc1. The topological polar surface area (TPSA) is 88.9 Å². The van der Waals surface area contributed by atoms with E-state index in [-0.39, 0.29) is 23.7 Å². The zero-order chi connectivity index (χ0) is 19.4. The van der Waals surface area contributed by atoms with Crippen LogP contribution in [0.15, 0.2) is 24.3 Å². The highest BCUT2D eigenvalue weighted by molar-refractivity contribution is 5.94. The van der Waals surface area contributed by atoms with E-state index in [0.717, 1.165) is 31.0 Å². The van der Waals surface area contributed by atoms with E-state index in [9.17, 15) is 9.59 Å². The molecule has 2 aromatic rings. The van der Waals surface area contributed by atoms with Gasteiger partial charge >= 0.3 is 0 Å². The van der Waals surface area contributed by atoms with Crippen LogP contribution in [0.3, 0.4) is 0 Å². The van der Waals surface area contributed by atoms with Crippen LogP contribution in [-0.4, -0.2) is 33.1 Å². The maximum Gasteiger partial charge on any atom is 0.251 e. The predicted octanol–water partition coefficient (Wildman–Crippen LogP) is 1.96. The molecule has 2 amide bonds. The molecule has 0 unspecified atom stereocenters. The highest BCUT2D eigenvalue weighted by Crippen LogP contribution is 2.22. The van der Waals surface area contributed by atoms with Gasteiger partial charge in [0, 0.05) is 31.5 Å². The third-order valence-corrected chi connectivity index (χ3v) is 4.78. The molecule has 27 heavy (non-hydrogen) atoms. The first kappa shape index (κ1) is 19.1. The number of fused-ring (bicyclic) bond motifs is 1. The number of carbonyl (C=O) groups is 2. The summed E-state index contributed by atoms with van der Waals surface area (Å²) in [6.45, 7) is 7.98. The van der Waals surface area contributed by atoms with Gasteiger partial charge in [-0.05, 0) is 29.5 Å². The number of hydrogen-bond acceptors (Lipinski definition) is 4. The van der Waals surface area contributed by atoms with Crippen LogP contribution in [-0.2, 0) is 29.7 Å². The van der Waals surface area contributed by atoms with Gasteiger partial charge in [0.2, 0.25) is 5.91 Å². The normalized spacial score (nSPS) is 13.3. The Kier molecular flexibility index (Phi) is 5.58. The minimum atomic E-state index is -0.168. The third kappa shape index (κ3) is 4.72. The summed E-state index contributed by atoms with van der Waals surface area (Å²) in [4.78, 5) is 24.2. The molecule has 1 aromatic carbocycles. The quantitative estimate of drug-likeness (QED) is 0.815. The molecule has 3 rings (SSSR count). The highest BCUT2D eigenvalue weighted by atomic mass is 16.2. The first-order chi connectivity index (χ1) is 12.8. The van der Waals surface area contributed by atoms with Crippen LogP contribution in [0.5, 0.6) is 0 Å². The second kappa shape index (κ2) is 7.90. The Morgan fingerprint density at radius 2 is 1.85 bits per heavy atom. The summed E-state index contributed by atoms with van der Waals surface area (Å²) in [5, 5.41) is 13.9. The average molecular weight is 369 g/mol. The van der Waals surface area contributed by atoms with Crippen molar-refractivity contribution < 1.29 is 9.59 Å². The number of hydrogen-bond donors (Lipinski definition) is 2. The van der Waals surface area contributed by atoms with E-state index in [1.54, 1.807) is 0 Å². The standard InChI is InChI=1S/C20H27N5O2/c1-20(2,3)15-8-6-14(7-9-15)19(27)21-11-10-18(26)22-13-17-24-23-16-5-4-12-25(16)17/h6-9H,4-5,10-13H2,1-3H3,(H,21,27)(H,22,26). The van der Waals surface area contributed by atoms with Crippen molar-refractivity contribution in [3.05, 3.63) is 47.0 Å². The second-order valence-electron chi connectivity index (χ2n) is 7.90. The summed E-state index contributed by atoms with van der Waals surface area (Å²) < 4.78 is 2.06. The number of nitrogens with zero attached hydrogens (tertiary/aromatic N) is 3. The molecule has 0 spiro atoms. The van der Waals surface area contributed by atoms with E-state index in [1.165, 1.54) is 5.56 Å². The average Bonchev–Trinajstić information content (AvgIpc) is 3.23. The minimum absolute atomic E-state index is 0.0532. The van der Waals surface area contributed by atoms with Crippen molar-refractivity contribution in [2.75, 3.05) is 6.54 Å². The molecule has 0 radical (unpaired) electrons. The molecule has 2 N–H and O–H groups in total. The van der Waals surface area contributed by atoms with Crippen molar-refractivity contribution in [2.45, 2.75) is 58.5 Å². The maximum absolute atomic E-state index is 12.2. The van der Waals surface area contributed by atoms with Gasteiger partial charge in [-0.25, -0.2) is 0 Å². The number of amides is 2. The van der Waals surface area contributed by atoms with Crippen molar-refractivity contribution in [3.63, 3.8) is 0 Å². The minimum Gasteiger partial charge on any atom is -0.352 e. The molecule has 0 saturated heterocycles. The number of nitrogens with one attached hydrogen (secondary N) is 2. The van der Waals surface area contributed by atoms with Crippen molar-refractivity contribution in [2.24, 2.45) is 0 Å². The Labute approximate surface area is 159 Å². The Balaban J connectivity index is 1.41. The van der Waals surface area contributed by atoms with Crippen LogP contribution < -0.4 is 10.6 Å². The van der Waals surface area contributed by atoms with Crippen LogP contribution in [0, 0.1) is 0 Å². The summed E-state index contributed by atoms with van der Waals surface area (Å²) in [5.41, 5.74) is 1.83. The Bertz CT molecular complexity index is 818. The molecule has 7 heteroatoms. The lowest BCUT2D eigenvalue weighted by atomic mass is 9.87. The summed E-state index contributed by atoms with van der Waals surface area (Å²) >= 11 is 0. The summed E-state index contributed by atoms with van der Waals surface area (Å²) in [6.07, 6.45) is 2.26. The van der Waals surface area contributed by atoms with E-state index in [4.69, 9.17) is 0 Å². The molecular formula is C20H27N5O2. The van der Waals surface area contributed by atoms with Gasteiger partial charge in [0.1, 0.15) is 5.82 Å². The molecule has 0 bridgehead atoms. The zero-order valence-electron chi connectivity index (χ0n) is 16.2. The van der Waals surface area contributed by atoms with Crippen molar-refractivity contribution in [1.82, 2.24) is 25.4 Å². The lowest BCUT2D eigenvalue weighted by Gasteiger charge is -2.19. The van der Waals surface area contributed by atoms with Gasteiger partial charge in [0.15, 0.2) is 5.82 Å². The number of rotatable bonds is 6. The van der Waals surface area contributed by atoms with E-state index < -0.39 is 0 Å². The molecule has 0 fully saturated rings. The second-order valence-corrected chi connectivity index (χ2v) is 7.90. The number of benzene rings is 1. The molecule has 0 aliphatic carbocycles. The van der Waals surface area contributed by atoms with Gasteiger partial charge in [-0.3, -0.25) is 9.59 Å². The van der Waals surface area contributed by atoms with Gasteiger partial charge in [-0.1, -0.05) is 32.9 Å². The molecular weight excluding hydrogens is 342 g/mol. The molecule has 2 heterocycles. The lowest BCUT2D eigenvalue weighted by molar-refractivity contribution is -0.121. The highest BCUT2D eigenvalue weighted by Gasteiger charge is 2.17. The molecule has 144 valence electrons. The van der Waals surface area contributed by atoms with Crippen LogP contribution in [0.2, 0.25) is 0 Å². The van der Waals surface area contributed by atoms with Crippen molar-refractivity contribution >= 4 is 11.8 Å². The van der Waals surface area contributed by atoms with Gasteiger partial charge in [0.05, 0.1) is 6.54 Å². The number of aromatic nitrogens is 3. The van der Waals surface area contributed by atoms with Gasteiger partial charge < -0.3 is 15.2 Å². The van der Waals surface area contributed by atoms with E-state index in [0.29, 0.717) is 18.7 Å². The van der Waals surface area contributed by atoms with Crippen molar-refractivity contribution in [1.29, 1.82) is 0 Å². The number of carbonyl (C=O) groups excluding carboxylic acids is 2. The zero-order valence-corrected chi connectivity index (χ0v) is 16.2. The summed E-state index contributed by atoms with van der Waals surface area (Å²) in [6, 6.07) is 7.58. The summed E-state index contributed by atoms with van der Waals surface area (Å²) in [7, 11) is 0. The predicted molar refractivity (Wildman–Crippen MR) is 102 cm³/mol. The van der Waals surface area contributed by atoms with Crippen LogP contribution in [0.1, 0.15) is 61.2 Å². The monoisotopic (exact) mass is 369 g/mol. The largest absolute Gasteiger partial charge is 0.352 e. The van der Waals surface area contributed by atoms with Gasteiger partial charge in [-0.2, -0.15) is 0 Å². The van der Waals surface area contributed by atoms with E-state index in [2.05, 4.69) is 46.2 Å². The van der Waals surface area contributed by atoms with Crippen LogP contribution in [0.4, 0.5) is 0 Å². The summed E-state index contributed by atoms with van der Waals surface area (Å²) in [5.74, 6) is 1.50. The number of aryl methyl sites for hydroxylation is 1. The first-order valence-electron chi connectivity index (χ1n) is 9.41. The van der Waals surface area contributed by atoms with Gasteiger partial charge in [0.25, 0.3) is 5.91 Å². The molecule has 0 atom stereocenters. The lowest BCUT2D eigenvalue weighted by Crippen LogP contribution is -2.31. The molecule has 7 nitrogen and oxygen atoms in total. The van der Waals surface area contributed by atoms with Crippen molar-refractivity contribution in [3.8, 4) is 0 Å².